The van der Waals surface area contributed by atoms with E-state index in [9.17, 15) is 4.79 Å². The fourth-order valence-electron chi connectivity index (χ4n) is 6.10. The molecule has 0 unspecified atom stereocenters. The van der Waals surface area contributed by atoms with Crippen LogP contribution in [0.5, 0.6) is 0 Å². The summed E-state index contributed by atoms with van der Waals surface area (Å²) in [5, 5.41) is 0. The molecule has 0 spiro atoms. The molecule has 1 amide bonds. The summed E-state index contributed by atoms with van der Waals surface area (Å²) in [7, 11) is 0. The number of carbonyl (C=O) groups excluding carboxylic acids is 1. The number of fused-ring (bicyclic) bond motifs is 5. The first-order valence-electron chi connectivity index (χ1n) is 10.2. The maximum absolute atomic E-state index is 13.1. The molecule has 0 aromatic heterocycles. The second-order valence-electron chi connectivity index (χ2n) is 8.40. The molecule has 4 atom stereocenters. The summed E-state index contributed by atoms with van der Waals surface area (Å²) < 4.78 is 0. The van der Waals surface area contributed by atoms with Crippen LogP contribution in [0.4, 0.5) is 0 Å². The predicted octanol–water partition coefficient (Wildman–Crippen LogP) is 4.95. The molecule has 0 heterocycles. The van der Waals surface area contributed by atoms with Crippen molar-refractivity contribution in [3.63, 3.8) is 0 Å². The summed E-state index contributed by atoms with van der Waals surface area (Å²) in [6.45, 7) is 8.19. The Kier molecular flexibility index (Phi) is 4.25. The van der Waals surface area contributed by atoms with Crippen molar-refractivity contribution in [2.24, 2.45) is 17.3 Å². The smallest absolute Gasteiger partial charge is 0.250 e. The molecule has 0 N–H and O–H groups in total. The van der Waals surface area contributed by atoms with E-state index in [1.807, 2.05) is 4.90 Å². The first-order chi connectivity index (χ1) is 12.1. The number of rotatable bonds is 3. The molecule has 1 aromatic carbocycles. The molecule has 1 saturated carbocycles. The van der Waals surface area contributed by atoms with E-state index in [1.54, 1.807) is 11.1 Å². The maximum Gasteiger partial charge on any atom is 0.250 e. The summed E-state index contributed by atoms with van der Waals surface area (Å²) in [5.74, 6) is 2.39. The van der Waals surface area contributed by atoms with Gasteiger partial charge >= 0.3 is 0 Å². The van der Waals surface area contributed by atoms with Gasteiger partial charge in [0.1, 0.15) is 0 Å². The Morgan fingerprint density at radius 3 is 2.72 bits per heavy atom. The Hall–Kier alpha value is -1.57. The van der Waals surface area contributed by atoms with Gasteiger partial charge in [-0.2, -0.15) is 0 Å². The average molecular weight is 338 g/mol. The molecule has 134 valence electrons. The lowest BCUT2D eigenvalue weighted by atomic mass is 9.54. The van der Waals surface area contributed by atoms with Crippen LogP contribution in [0, 0.1) is 17.3 Å². The van der Waals surface area contributed by atoms with E-state index >= 15 is 0 Å². The zero-order valence-electron chi connectivity index (χ0n) is 15.9. The van der Waals surface area contributed by atoms with Crippen LogP contribution >= 0.6 is 0 Å². The molecule has 0 radical (unpaired) electrons. The van der Waals surface area contributed by atoms with Crippen molar-refractivity contribution in [1.82, 2.24) is 4.90 Å². The lowest BCUT2D eigenvalue weighted by molar-refractivity contribution is -0.128. The minimum Gasteiger partial charge on any atom is -0.339 e. The van der Waals surface area contributed by atoms with E-state index in [0.717, 1.165) is 37.4 Å². The normalized spacial score (nSPS) is 33.1. The van der Waals surface area contributed by atoms with E-state index < -0.39 is 0 Å². The van der Waals surface area contributed by atoms with Gasteiger partial charge in [-0.15, -0.1) is 0 Å². The van der Waals surface area contributed by atoms with Crippen LogP contribution in [-0.2, 0) is 11.2 Å². The minimum atomic E-state index is 0.0904. The zero-order chi connectivity index (χ0) is 17.6. The Labute approximate surface area is 152 Å². The van der Waals surface area contributed by atoms with E-state index in [2.05, 4.69) is 51.1 Å². The third-order valence-electron chi connectivity index (χ3n) is 7.50. The fourth-order valence-corrected chi connectivity index (χ4v) is 6.10. The second-order valence-corrected chi connectivity index (χ2v) is 8.40. The van der Waals surface area contributed by atoms with E-state index in [1.165, 1.54) is 19.3 Å². The van der Waals surface area contributed by atoms with Crippen molar-refractivity contribution >= 4 is 5.91 Å². The summed E-state index contributed by atoms with van der Waals surface area (Å²) in [5.41, 5.74) is 4.38. The SMILES string of the molecule is CCN(CC)C(=O)C1=CC[C@H]2[C@@H]3CCc4ccccc4[C@H]3CC[C@]12C. The first-order valence-corrected chi connectivity index (χ1v) is 10.2. The molecule has 1 aromatic rings. The van der Waals surface area contributed by atoms with Crippen LogP contribution in [0.25, 0.3) is 0 Å². The lowest BCUT2D eigenvalue weighted by Crippen LogP contribution is -2.44. The third-order valence-corrected chi connectivity index (χ3v) is 7.50. The number of benzene rings is 1. The predicted molar refractivity (Wildman–Crippen MR) is 102 cm³/mol. The highest BCUT2D eigenvalue weighted by atomic mass is 16.2. The number of nitrogens with zero attached hydrogens (tertiary/aromatic N) is 1. The molecule has 3 aliphatic carbocycles. The Bertz CT molecular complexity index is 702. The van der Waals surface area contributed by atoms with Crippen molar-refractivity contribution in [3.8, 4) is 0 Å². The van der Waals surface area contributed by atoms with Crippen molar-refractivity contribution < 1.29 is 4.79 Å². The van der Waals surface area contributed by atoms with Gasteiger partial charge in [0.25, 0.3) is 0 Å². The van der Waals surface area contributed by atoms with Gasteiger partial charge in [-0.05, 0) is 74.8 Å². The summed E-state index contributed by atoms with van der Waals surface area (Å²) in [6, 6.07) is 9.07. The summed E-state index contributed by atoms with van der Waals surface area (Å²) in [4.78, 5) is 15.1. The molecule has 0 bridgehead atoms. The zero-order valence-corrected chi connectivity index (χ0v) is 15.9. The van der Waals surface area contributed by atoms with Crippen molar-refractivity contribution in [1.29, 1.82) is 0 Å². The fraction of sp³-hybridized carbons (Fsp3) is 0.609. The highest BCUT2D eigenvalue weighted by molar-refractivity contribution is 5.95. The minimum absolute atomic E-state index is 0.0904. The molecule has 4 rings (SSSR count). The molecule has 2 nitrogen and oxygen atoms in total. The summed E-state index contributed by atoms with van der Waals surface area (Å²) >= 11 is 0. The molecular weight excluding hydrogens is 306 g/mol. The number of carbonyl (C=O) groups is 1. The Morgan fingerprint density at radius 2 is 1.96 bits per heavy atom. The number of aryl methyl sites for hydroxylation is 1. The van der Waals surface area contributed by atoms with Crippen molar-refractivity contribution in [3.05, 3.63) is 47.0 Å². The van der Waals surface area contributed by atoms with Gasteiger partial charge < -0.3 is 4.90 Å². The molecule has 25 heavy (non-hydrogen) atoms. The largest absolute Gasteiger partial charge is 0.339 e. The molecule has 0 aliphatic heterocycles. The quantitative estimate of drug-likeness (QED) is 0.764. The number of allylic oxidation sites excluding steroid dienone is 1. The standard InChI is InChI=1S/C23H31NO/c1-4-24(5-2)22(25)21-13-12-20-19-11-10-16-8-6-7-9-17(16)18(19)14-15-23(20,21)3/h6-9,13,18-20H,4-5,10-12,14-15H2,1-3H3/t18-,19-,20+,23+/m1/s1. The van der Waals surface area contributed by atoms with Crippen LogP contribution in [0.1, 0.15) is 63.5 Å². The van der Waals surface area contributed by atoms with Crippen molar-refractivity contribution in [2.45, 2.75) is 58.8 Å². The molecule has 3 aliphatic rings. The second kappa shape index (κ2) is 6.30. The topological polar surface area (TPSA) is 20.3 Å². The van der Waals surface area contributed by atoms with Gasteiger partial charge in [0.2, 0.25) is 5.91 Å². The van der Waals surface area contributed by atoms with E-state index in [4.69, 9.17) is 0 Å². The van der Waals surface area contributed by atoms with Crippen LogP contribution in [0.15, 0.2) is 35.9 Å². The highest BCUT2D eigenvalue weighted by Crippen LogP contribution is 2.61. The Balaban J connectivity index is 1.62. The lowest BCUT2D eigenvalue weighted by Gasteiger charge is -2.50. The number of amides is 1. The molecule has 2 heteroatoms. The highest BCUT2D eigenvalue weighted by Gasteiger charge is 2.53. The molecular formula is C23H31NO. The van der Waals surface area contributed by atoms with Crippen LogP contribution < -0.4 is 0 Å². The maximum atomic E-state index is 13.1. The van der Waals surface area contributed by atoms with Crippen LogP contribution in [0.3, 0.4) is 0 Å². The molecule has 0 saturated heterocycles. The van der Waals surface area contributed by atoms with Crippen LogP contribution in [0.2, 0.25) is 0 Å². The molecule has 1 fully saturated rings. The van der Waals surface area contributed by atoms with E-state index in [0.29, 0.717) is 17.7 Å². The number of likely N-dealkylation sites (N-methyl/N-ethyl adjacent to an activating group) is 1. The number of hydrogen-bond donors (Lipinski definition) is 0. The van der Waals surface area contributed by atoms with Gasteiger partial charge in [-0.25, -0.2) is 0 Å². The first kappa shape index (κ1) is 16.9. The average Bonchev–Trinajstić information content (AvgIpc) is 2.99. The monoisotopic (exact) mass is 337 g/mol. The summed E-state index contributed by atoms with van der Waals surface area (Å²) in [6.07, 6.45) is 8.30. The third kappa shape index (κ3) is 2.48. The van der Waals surface area contributed by atoms with Gasteiger partial charge in [0.15, 0.2) is 0 Å². The number of hydrogen-bond acceptors (Lipinski definition) is 1. The Morgan fingerprint density at radius 1 is 1.20 bits per heavy atom. The van der Waals surface area contributed by atoms with Crippen LogP contribution in [-0.4, -0.2) is 23.9 Å². The van der Waals surface area contributed by atoms with Crippen molar-refractivity contribution in [2.75, 3.05) is 13.1 Å². The van der Waals surface area contributed by atoms with E-state index in [-0.39, 0.29) is 5.41 Å². The van der Waals surface area contributed by atoms with Gasteiger partial charge in [0, 0.05) is 24.1 Å². The van der Waals surface area contributed by atoms with Gasteiger partial charge in [0.05, 0.1) is 0 Å². The van der Waals surface area contributed by atoms with Gasteiger partial charge in [-0.1, -0.05) is 37.3 Å². The van der Waals surface area contributed by atoms with Gasteiger partial charge in [-0.3, -0.25) is 4.79 Å².